The molecule has 0 aliphatic heterocycles. The maximum atomic E-state index is 12.3. The minimum absolute atomic E-state index is 0.0995. The Bertz CT molecular complexity index is 550. The van der Waals surface area contributed by atoms with E-state index in [2.05, 4.69) is 0 Å². The monoisotopic (exact) mass is 224 g/mol. The van der Waals surface area contributed by atoms with Crippen LogP contribution in [-0.4, -0.2) is 5.78 Å². The van der Waals surface area contributed by atoms with E-state index >= 15 is 0 Å². The van der Waals surface area contributed by atoms with Crippen LogP contribution in [0.15, 0.2) is 42.5 Å². The van der Waals surface area contributed by atoms with Gasteiger partial charge in [-0.05, 0) is 26.3 Å². The van der Waals surface area contributed by atoms with Crippen LogP contribution < -0.4 is 0 Å². The Balaban J connectivity index is 2.40. The van der Waals surface area contributed by atoms with Crippen LogP contribution in [0.1, 0.15) is 32.6 Å². The van der Waals surface area contributed by atoms with Gasteiger partial charge in [0, 0.05) is 11.1 Å². The Morgan fingerprint density at radius 2 is 1.41 bits per heavy atom. The van der Waals surface area contributed by atoms with Crippen molar-refractivity contribution in [3.63, 3.8) is 0 Å². The number of carbonyl (C=O) groups is 1. The maximum Gasteiger partial charge on any atom is 0.193 e. The molecule has 0 unspecified atom stereocenters. The van der Waals surface area contributed by atoms with Gasteiger partial charge in [-0.15, -0.1) is 0 Å². The molecular weight excluding hydrogens is 208 g/mol. The smallest absolute Gasteiger partial charge is 0.193 e. The average molecular weight is 224 g/mol. The van der Waals surface area contributed by atoms with Crippen LogP contribution in [0.25, 0.3) is 0 Å². The lowest BCUT2D eigenvalue weighted by atomic mass is 9.97. The standard InChI is InChI=1S/C16H16O/c1-11-4-7-14(8-5-11)16(17)15-9-6-12(2)10-13(15)3/h4-10H,1-3H3. The second kappa shape index (κ2) is 4.54. The highest BCUT2D eigenvalue weighted by Crippen LogP contribution is 2.16. The molecule has 2 rings (SSSR count). The maximum absolute atomic E-state index is 12.3. The van der Waals surface area contributed by atoms with E-state index in [0.717, 1.165) is 16.7 Å². The lowest BCUT2D eigenvalue weighted by molar-refractivity contribution is 0.103. The van der Waals surface area contributed by atoms with Gasteiger partial charge in [-0.1, -0.05) is 53.6 Å². The van der Waals surface area contributed by atoms with Crippen LogP contribution in [0.4, 0.5) is 0 Å². The van der Waals surface area contributed by atoms with Crippen molar-refractivity contribution in [2.24, 2.45) is 0 Å². The Labute approximate surface area is 102 Å². The van der Waals surface area contributed by atoms with Crippen molar-refractivity contribution in [2.75, 3.05) is 0 Å². The van der Waals surface area contributed by atoms with Crippen LogP contribution in [0.2, 0.25) is 0 Å². The quantitative estimate of drug-likeness (QED) is 0.708. The fraction of sp³-hybridized carbons (Fsp3) is 0.188. The third-order valence-corrected chi connectivity index (χ3v) is 2.94. The lowest BCUT2D eigenvalue weighted by Gasteiger charge is -2.06. The molecule has 1 nitrogen and oxygen atoms in total. The van der Waals surface area contributed by atoms with E-state index in [4.69, 9.17) is 0 Å². The summed E-state index contributed by atoms with van der Waals surface area (Å²) in [6.45, 7) is 6.03. The molecule has 2 aromatic carbocycles. The van der Waals surface area contributed by atoms with Gasteiger partial charge in [-0.25, -0.2) is 0 Å². The average Bonchev–Trinajstić information content (AvgIpc) is 2.29. The SMILES string of the molecule is Cc1ccc(C(=O)c2ccc(C)cc2C)cc1. The predicted molar refractivity (Wildman–Crippen MR) is 70.5 cm³/mol. The number of carbonyl (C=O) groups excluding carboxylic acids is 1. The second-order valence-corrected chi connectivity index (χ2v) is 4.51. The molecule has 17 heavy (non-hydrogen) atoms. The number of aryl methyl sites for hydroxylation is 3. The van der Waals surface area contributed by atoms with Crippen molar-refractivity contribution < 1.29 is 4.79 Å². The predicted octanol–water partition coefficient (Wildman–Crippen LogP) is 3.84. The number of hydrogen-bond donors (Lipinski definition) is 0. The van der Waals surface area contributed by atoms with E-state index in [1.54, 1.807) is 0 Å². The fourth-order valence-electron chi connectivity index (χ4n) is 1.93. The van der Waals surface area contributed by atoms with Gasteiger partial charge in [0.15, 0.2) is 5.78 Å². The highest BCUT2D eigenvalue weighted by molar-refractivity contribution is 6.09. The Morgan fingerprint density at radius 3 is 2.00 bits per heavy atom. The van der Waals surface area contributed by atoms with Gasteiger partial charge in [0.05, 0.1) is 0 Å². The molecule has 0 heterocycles. The van der Waals surface area contributed by atoms with Crippen LogP contribution in [-0.2, 0) is 0 Å². The van der Waals surface area contributed by atoms with Gasteiger partial charge < -0.3 is 0 Å². The zero-order chi connectivity index (χ0) is 12.4. The Kier molecular flexibility index (Phi) is 3.10. The molecule has 0 aromatic heterocycles. The Hall–Kier alpha value is -1.89. The zero-order valence-corrected chi connectivity index (χ0v) is 10.4. The zero-order valence-electron chi connectivity index (χ0n) is 10.4. The van der Waals surface area contributed by atoms with Gasteiger partial charge in [0.1, 0.15) is 0 Å². The van der Waals surface area contributed by atoms with Crippen molar-refractivity contribution >= 4 is 5.78 Å². The molecule has 0 atom stereocenters. The number of benzene rings is 2. The molecule has 0 fully saturated rings. The molecule has 0 saturated carbocycles. The summed E-state index contributed by atoms with van der Waals surface area (Å²) >= 11 is 0. The van der Waals surface area contributed by atoms with Crippen LogP contribution in [0, 0.1) is 20.8 Å². The van der Waals surface area contributed by atoms with Crippen LogP contribution >= 0.6 is 0 Å². The largest absolute Gasteiger partial charge is 0.289 e. The van der Waals surface area contributed by atoms with Gasteiger partial charge in [0.2, 0.25) is 0 Å². The van der Waals surface area contributed by atoms with E-state index < -0.39 is 0 Å². The summed E-state index contributed by atoms with van der Waals surface area (Å²) in [4.78, 5) is 12.3. The van der Waals surface area contributed by atoms with Crippen LogP contribution in [0.3, 0.4) is 0 Å². The van der Waals surface area contributed by atoms with Crippen molar-refractivity contribution in [3.8, 4) is 0 Å². The third kappa shape index (κ3) is 2.44. The van der Waals surface area contributed by atoms with Crippen molar-refractivity contribution in [1.29, 1.82) is 0 Å². The van der Waals surface area contributed by atoms with Gasteiger partial charge in [-0.2, -0.15) is 0 Å². The molecule has 0 amide bonds. The minimum atomic E-state index is 0.0995. The summed E-state index contributed by atoms with van der Waals surface area (Å²) in [7, 11) is 0. The normalized spacial score (nSPS) is 10.3. The first-order valence-electron chi connectivity index (χ1n) is 5.76. The first-order valence-corrected chi connectivity index (χ1v) is 5.76. The molecule has 0 saturated heterocycles. The van der Waals surface area contributed by atoms with E-state index in [1.165, 1.54) is 11.1 Å². The molecular formula is C16H16O. The van der Waals surface area contributed by atoms with Crippen molar-refractivity contribution in [2.45, 2.75) is 20.8 Å². The molecule has 0 N–H and O–H groups in total. The molecule has 0 radical (unpaired) electrons. The summed E-state index contributed by atoms with van der Waals surface area (Å²) in [6.07, 6.45) is 0. The Morgan fingerprint density at radius 1 is 0.824 bits per heavy atom. The summed E-state index contributed by atoms with van der Waals surface area (Å²) in [5, 5.41) is 0. The highest BCUT2D eigenvalue weighted by Gasteiger charge is 2.11. The minimum Gasteiger partial charge on any atom is -0.289 e. The lowest BCUT2D eigenvalue weighted by Crippen LogP contribution is -2.03. The summed E-state index contributed by atoms with van der Waals surface area (Å²) in [5.41, 5.74) is 4.93. The van der Waals surface area contributed by atoms with E-state index in [9.17, 15) is 4.79 Å². The van der Waals surface area contributed by atoms with E-state index in [-0.39, 0.29) is 5.78 Å². The van der Waals surface area contributed by atoms with Gasteiger partial charge in [-0.3, -0.25) is 4.79 Å². The molecule has 2 aromatic rings. The molecule has 0 spiro atoms. The first-order chi connectivity index (χ1) is 8.08. The first kappa shape index (κ1) is 11.6. The molecule has 0 bridgehead atoms. The second-order valence-electron chi connectivity index (χ2n) is 4.51. The van der Waals surface area contributed by atoms with E-state index in [1.807, 2.05) is 63.2 Å². The third-order valence-electron chi connectivity index (χ3n) is 2.94. The molecule has 1 heteroatoms. The number of rotatable bonds is 2. The summed E-state index contributed by atoms with van der Waals surface area (Å²) in [6, 6.07) is 13.6. The fourth-order valence-corrected chi connectivity index (χ4v) is 1.93. The van der Waals surface area contributed by atoms with Crippen molar-refractivity contribution in [3.05, 3.63) is 70.3 Å². The van der Waals surface area contributed by atoms with Crippen molar-refractivity contribution in [1.82, 2.24) is 0 Å². The molecule has 0 aliphatic carbocycles. The summed E-state index contributed by atoms with van der Waals surface area (Å²) < 4.78 is 0. The highest BCUT2D eigenvalue weighted by atomic mass is 16.1. The topological polar surface area (TPSA) is 17.1 Å². The van der Waals surface area contributed by atoms with Crippen LogP contribution in [0.5, 0.6) is 0 Å². The van der Waals surface area contributed by atoms with Gasteiger partial charge in [0.25, 0.3) is 0 Å². The van der Waals surface area contributed by atoms with E-state index in [0.29, 0.717) is 0 Å². The number of hydrogen-bond acceptors (Lipinski definition) is 1. The van der Waals surface area contributed by atoms with Gasteiger partial charge >= 0.3 is 0 Å². The summed E-state index contributed by atoms with van der Waals surface area (Å²) in [5.74, 6) is 0.0995. The molecule has 0 aliphatic rings. The molecule has 86 valence electrons. The number of ketones is 1.